The van der Waals surface area contributed by atoms with Gasteiger partial charge in [0.25, 0.3) is 0 Å². The van der Waals surface area contributed by atoms with E-state index in [1.54, 1.807) is 27.2 Å². The van der Waals surface area contributed by atoms with Gasteiger partial charge >= 0.3 is 8.80 Å². The van der Waals surface area contributed by atoms with Gasteiger partial charge in [0.05, 0.1) is 0 Å². The van der Waals surface area contributed by atoms with E-state index in [1.807, 2.05) is 0 Å². The summed E-state index contributed by atoms with van der Waals surface area (Å²) in [5, 5.41) is 0. The molecule has 0 bridgehead atoms. The highest BCUT2D eigenvalue weighted by molar-refractivity contribution is 6.60. The van der Waals surface area contributed by atoms with Crippen molar-refractivity contribution in [2.24, 2.45) is 0 Å². The maximum Gasteiger partial charge on any atom is 0.500 e. The van der Waals surface area contributed by atoms with Crippen LogP contribution in [0.3, 0.4) is 0 Å². The molecule has 0 heterocycles. The minimum absolute atomic E-state index is 0.925. The van der Waals surface area contributed by atoms with Gasteiger partial charge in [0, 0.05) is 27.4 Å². The maximum absolute atomic E-state index is 5.61. The first-order chi connectivity index (χ1) is 15.2. The lowest BCUT2D eigenvalue weighted by Crippen LogP contribution is -2.42. The molecule has 31 heavy (non-hydrogen) atoms. The van der Waals surface area contributed by atoms with E-state index in [9.17, 15) is 0 Å². The first-order valence-electron chi connectivity index (χ1n) is 13.7. The molecule has 0 aliphatic heterocycles. The Kier molecular flexibility index (Phi) is 23.3. The molecular weight excluding hydrogens is 400 g/mol. The van der Waals surface area contributed by atoms with Crippen LogP contribution < -0.4 is 0 Å². The van der Waals surface area contributed by atoms with Gasteiger partial charge in [0.2, 0.25) is 0 Å². The second kappa shape index (κ2) is 23.3. The van der Waals surface area contributed by atoms with Crippen molar-refractivity contribution >= 4 is 8.80 Å². The molecule has 0 rings (SSSR count). The highest BCUT2D eigenvalue weighted by Gasteiger charge is 2.37. The average molecular weight is 458 g/mol. The third-order valence-corrected chi connectivity index (χ3v) is 9.55. The molecule has 3 nitrogen and oxygen atoms in total. The van der Waals surface area contributed by atoms with Crippen LogP contribution in [-0.4, -0.2) is 30.1 Å². The zero-order valence-electron chi connectivity index (χ0n) is 22.1. The molecule has 1 radical (unpaired) electrons. The quantitative estimate of drug-likeness (QED) is 0.101. The lowest BCUT2D eigenvalue weighted by atomic mass is 9.90. The average Bonchev–Trinajstić information content (AvgIpc) is 2.80. The molecule has 0 amide bonds. The normalized spacial score (nSPS) is 12.2. The minimum atomic E-state index is -2.42. The van der Waals surface area contributed by atoms with E-state index in [-0.39, 0.29) is 0 Å². The molecule has 187 valence electrons. The van der Waals surface area contributed by atoms with Gasteiger partial charge in [-0.25, -0.2) is 0 Å². The Hall–Kier alpha value is 0.0969. The zero-order chi connectivity index (χ0) is 23.0. The van der Waals surface area contributed by atoms with Crippen LogP contribution in [0.1, 0.15) is 142 Å². The van der Waals surface area contributed by atoms with Crippen molar-refractivity contribution in [3.63, 3.8) is 0 Å². The Bertz CT molecular complexity index is 319. The molecule has 0 aliphatic carbocycles. The molecule has 0 N–H and O–H groups in total. The fraction of sp³-hybridized carbons (Fsp3) is 0.963. The molecular formula is C27H57O3Si. The van der Waals surface area contributed by atoms with E-state index in [0.29, 0.717) is 0 Å². The lowest BCUT2D eigenvalue weighted by Gasteiger charge is -2.25. The van der Waals surface area contributed by atoms with Gasteiger partial charge in [-0.2, -0.15) is 0 Å². The van der Waals surface area contributed by atoms with Crippen molar-refractivity contribution in [1.29, 1.82) is 0 Å². The Balaban J connectivity index is 4.14. The maximum atomic E-state index is 5.61. The molecule has 0 spiro atoms. The summed E-state index contributed by atoms with van der Waals surface area (Å²) < 4.78 is 16.8. The molecule has 0 aromatic rings. The van der Waals surface area contributed by atoms with E-state index in [4.69, 9.17) is 13.3 Å². The van der Waals surface area contributed by atoms with Crippen LogP contribution in [0.4, 0.5) is 0 Å². The molecule has 4 heteroatoms. The van der Waals surface area contributed by atoms with E-state index < -0.39 is 8.80 Å². The molecule has 0 aliphatic rings. The van der Waals surface area contributed by atoms with Gasteiger partial charge in [0.1, 0.15) is 0 Å². The van der Waals surface area contributed by atoms with Crippen LogP contribution >= 0.6 is 0 Å². The second-order valence-electron chi connectivity index (χ2n) is 9.35. The predicted molar refractivity (Wildman–Crippen MR) is 139 cm³/mol. The number of hydrogen-bond donors (Lipinski definition) is 0. The van der Waals surface area contributed by atoms with Gasteiger partial charge in [-0.1, -0.05) is 117 Å². The van der Waals surface area contributed by atoms with Gasteiger partial charge in [0.15, 0.2) is 0 Å². The van der Waals surface area contributed by atoms with E-state index in [2.05, 4.69) is 13.8 Å². The first-order valence-corrected chi connectivity index (χ1v) is 15.6. The SMILES string of the molecule is CCCCCCCCCC[C](CCCCCCCCCC)CCC[Si](OC)(OC)OC. The van der Waals surface area contributed by atoms with Crippen LogP contribution in [0.25, 0.3) is 0 Å². The summed E-state index contributed by atoms with van der Waals surface area (Å²) in [5.74, 6) is 1.78. The summed E-state index contributed by atoms with van der Waals surface area (Å²) in [6, 6.07) is 0.925. The van der Waals surface area contributed by atoms with Gasteiger partial charge < -0.3 is 13.3 Å². The van der Waals surface area contributed by atoms with E-state index in [0.717, 1.165) is 12.5 Å². The van der Waals surface area contributed by atoms with Crippen LogP contribution in [0.5, 0.6) is 0 Å². The van der Waals surface area contributed by atoms with Gasteiger partial charge in [-0.3, -0.25) is 0 Å². The van der Waals surface area contributed by atoms with Crippen molar-refractivity contribution in [3.8, 4) is 0 Å². The lowest BCUT2D eigenvalue weighted by molar-refractivity contribution is 0.123. The predicted octanol–water partition coefficient (Wildman–Crippen LogP) is 9.28. The monoisotopic (exact) mass is 457 g/mol. The van der Waals surface area contributed by atoms with E-state index in [1.165, 1.54) is 122 Å². The zero-order valence-corrected chi connectivity index (χ0v) is 23.1. The van der Waals surface area contributed by atoms with Gasteiger partial charge in [-0.15, -0.1) is 0 Å². The van der Waals surface area contributed by atoms with E-state index >= 15 is 0 Å². The van der Waals surface area contributed by atoms with Crippen molar-refractivity contribution in [2.45, 2.75) is 148 Å². The molecule has 0 fully saturated rings. The highest BCUT2D eigenvalue weighted by atomic mass is 28.4. The minimum Gasteiger partial charge on any atom is -0.377 e. The van der Waals surface area contributed by atoms with Crippen molar-refractivity contribution in [2.75, 3.05) is 21.3 Å². The highest BCUT2D eigenvalue weighted by Crippen LogP contribution is 2.28. The summed E-state index contributed by atoms with van der Waals surface area (Å²) in [5.41, 5.74) is 0. The Morgan fingerprint density at radius 2 is 0.774 bits per heavy atom. The number of hydrogen-bond acceptors (Lipinski definition) is 3. The van der Waals surface area contributed by atoms with Crippen LogP contribution in [0.15, 0.2) is 0 Å². The molecule has 0 saturated heterocycles. The standard InChI is InChI=1S/C27H57O3Si/c1-6-8-10-12-14-16-18-20-23-27(24-21-19-17-15-13-11-9-7-2)25-22-26-31(28-3,29-4)30-5/h6-26H2,1-5H3. The first kappa shape index (κ1) is 31.1. The van der Waals surface area contributed by atoms with Crippen LogP contribution in [0.2, 0.25) is 6.04 Å². The van der Waals surface area contributed by atoms with Gasteiger partial charge in [-0.05, 0) is 31.6 Å². The molecule has 0 aromatic heterocycles. The summed E-state index contributed by atoms with van der Waals surface area (Å²) in [4.78, 5) is 0. The largest absolute Gasteiger partial charge is 0.500 e. The summed E-state index contributed by atoms with van der Waals surface area (Å²) in [6.45, 7) is 4.59. The fourth-order valence-electron chi connectivity index (χ4n) is 4.50. The Labute approximate surface area is 197 Å². The number of rotatable bonds is 25. The summed E-state index contributed by atoms with van der Waals surface area (Å²) >= 11 is 0. The topological polar surface area (TPSA) is 27.7 Å². The second-order valence-corrected chi connectivity index (χ2v) is 12.4. The van der Waals surface area contributed by atoms with Crippen molar-refractivity contribution in [1.82, 2.24) is 0 Å². The summed E-state index contributed by atoms with van der Waals surface area (Å²) in [6.07, 6.45) is 27.5. The number of unbranched alkanes of at least 4 members (excludes halogenated alkanes) is 14. The van der Waals surface area contributed by atoms with Crippen LogP contribution in [0, 0.1) is 5.92 Å². The fourth-order valence-corrected chi connectivity index (χ4v) is 6.23. The van der Waals surface area contributed by atoms with Crippen molar-refractivity contribution in [3.05, 3.63) is 5.92 Å². The molecule has 0 unspecified atom stereocenters. The molecule has 0 saturated carbocycles. The third-order valence-electron chi connectivity index (χ3n) is 6.71. The summed E-state index contributed by atoms with van der Waals surface area (Å²) in [7, 11) is 2.76. The Morgan fingerprint density at radius 1 is 0.452 bits per heavy atom. The smallest absolute Gasteiger partial charge is 0.377 e. The Morgan fingerprint density at radius 3 is 1.13 bits per heavy atom. The molecule has 0 atom stereocenters. The third kappa shape index (κ3) is 18.2. The van der Waals surface area contributed by atoms with Crippen molar-refractivity contribution < 1.29 is 13.3 Å². The molecule has 0 aromatic carbocycles. The van der Waals surface area contributed by atoms with Crippen LogP contribution in [-0.2, 0) is 13.3 Å².